The van der Waals surface area contributed by atoms with E-state index in [-0.39, 0.29) is 0 Å². The van der Waals surface area contributed by atoms with Crippen molar-refractivity contribution in [1.82, 2.24) is 20.3 Å². The number of aromatic nitrogens is 3. The maximum Gasteiger partial charge on any atom is 0.160 e. The van der Waals surface area contributed by atoms with Gasteiger partial charge in [0.05, 0.1) is 0 Å². The molecule has 2 aromatic rings. The molecule has 0 radical (unpaired) electrons. The minimum absolute atomic E-state index is 0.429. The highest BCUT2D eigenvalue weighted by molar-refractivity contribution is 5.53. The Hall–Kier alpha value is -1.81. The van der Waals surface area contributed by atoms with Gasteiger partial charge in [0.25, 0.3) is 0 Å². The smallest absolute Gasteiger partial charge is 0.160 e. The number of rotatable bonds is 4. The second kappa shape index (κ2) is 7.39. The SMILES string of the molecule is c1cncc(-c2ncc3c(n2)CCC[C@@H]3NCC2CCCCC2)c1. The summed E-state index contributed by atoms with van der Waals surface area (Å²) in [7, 11) is 0. The molecule has 2 heterocycles. The quantitative estimate of drug-likeness (QED) is 0.921. The fourth-order valence-electron chi connectivity index (χ4n) is 4.09. The Kier molecular flexibility index (Phi) is 4.83. The summed E-state index contributed by atoms with van der Waals surface area (Å²) in [6, 6.07) is 4.39. The van der Waals surface area contributed by atoms with Crippen LogP contribution in [0.2, 0.25) is 0 Å². The van der Waals surface area contributed by atoms with Crippen LogP contribution < -0.4 is 5.32 Å². The van der Waals surface area contributed by atoms with Gasteiger partial charge >= 0.3 is 0 Å². The van der Waals surface area contributed by atoms with E-state index in [2.05, 4.69) is 15.3 Å². The van der Waals surface area contributed by atoms with Crippen molar-refractivity contribution in [3.8, 4) is 11.4 Å². The summed E-state index contributed by atoms with van der Waals surface area (Å²) in [4.78, 5) is 13.6. The third kappa shape index (κ3) is 3.48. The first kappa shape index (κ1) is 15.7. The molecule has 2 aromatic heterocycles. The van der Waals surface area contributed by atoms with Crippen LogP contribution in [0, 0.1) is 5.92 Å². The zero-order valence-electron chi connectivity index (χ0n) is 14.2. The Labute approximate surface area is 144 Å². The van der Waals surface area contributed by atoms with Crippen molar-refractivity contribution < 1.29 is 0 Å². The van der Waals surface area contributed by atoms with E-state index in [0.717, 1.165) is 30.3 Å². The number of nitrogens with one attached hydrogen (secondary N) is 1. The minimum atomic E-state index is 0.429. The van der Waals surface area contributed by atoms with Crippen molar-refractivity contribution in [3.63, 3.8) is 0 Å². The molecule has 1 N–H and O–H groups in total. The number of fused-ring (bicyclic) bond motifs is 1. The lowest BCUT2D eigenvalue weighted by atomic mass is 9.87. The molecule has 1 fully saturated rings. The van der Waals surface area contributed by atoms with E-state index in [9.17, 15) is 0 Å². The highest BCUT2D eigenvalue weighted by Gasteiger charge is 2.23. The number of nitrogens with zero attached hydrogens (tertiary/aromatic N) is 3. The maximum absolute atomic E-state index is 4.84. The Morgan fingerprint density at radius 2 is 1.96 bits per heavy atom. The third-order valence-corrected chi connectivity index (χ3v) is 5.48. The van der Waals surface area contributed by atoms with Crippen LogP contribution in [0.1, 0.15) is 62.2 Å². The van der Waals surface area contributed by atoms with Crippen LogP contribution in [0.5, 0.6) is 0 Å². The molecule has 24 heavy (non-hydrogen) atoms. The zero-order valence-corrected chi connectivity index (χ0v) is 14.2. The molecule has 0 bridgehead atoms. The molecule has 1 saturated carbocycles. The molecule has 1 atom stereocenters. The first-order valence-electron chi connectivity index (χ1n) is 9.40. The van der Waals surface area contributed by atoms with E-state index >= 15 is 0 Å². The maximum atomic E-state index is 4.84. The molecule has 4 heteroatoms. The number of hydrogen-bond acceptors (Lipinski definition) is 4. The van der Waals surface area contributed by atoms with Crippen molar-refractivity contribution in [2.45, 2.75) is 57.4 Å². The van der Waals surface area contributed by atoms with Gasteiger partial charge in [0.15, 0.2) is 5.82 Å². The third-order valence-electron chi connectivity index (χ3n) is 5.48. The fourth-order valence-corrected chi connectivity index (χ4v) is 4.09. The van der Waals surface area contributed by atoms with Crippen molar-refractivity contribution >= 4 is 0 Å². The molecule has 126 valence electrons. The van der Waals surface area contributed by atoms with E-state index in [1.54, 1.807) is 6.20 Å². The van der Waals surface area contributed by atoms with Crippen molar-refractivity contribution in [2.24, 2.45) is 5.92 Å². The predicted molar refractivity (Wildman–Crippen MR) is 95.5 cm³/mol. The van der Waals surface area contributed by atoms with Crippen LogP contribution in [0.25, 0.3) is 11.4 Å². The molecule has 4 nitrogen and oxygen atoms in total. The lowest BCUT2D eigenvalue weighted by molar-refractivity contribution is 0.318. The molecule has 0 amide bonds. The van der Waals surface area contributed by atoms with Crippen LogP contribution in [0.3, 0.4) is 0 Å². The van der Waals surface area contributed by atoms with E-state index in [1.165, 1.54) is 56.2 Å². The van der Waals surface area contributed by atoms with E-state index in [0.29, 0.717) is 6.04 Å². The van der Waals surface area contributed by atoms with Gasteiger partial charge in [-0.15, -0.1) is 0 Å². The lowest BCUT2D eigenvalue weighted by Crippen LogP contribution is -2.31. The predicted octanol–water partition coefficient (Wildman–Crippen LogP) is 4.09. The van der Waals surface area contributed by atoms with Gasteiger partial charge in [-0.25, -0.2) is 9.97 Å². The lowest BCUT2D eigenvalue weighted by Gasteiger charge is -2.29. The summed E-state index contributed by atoms with van der Waals surface area (Å²) in [6.45, 7) is 1.15. The number of pyridine rings is 1. The first-order chi connectivity index (χ1) is 11.9. The summed E-state index contributed by atoms with van der Waals surface area (Å²) >= 11 is 0. The van der Waals surface area contributed by atoms with Gasteiger partial charge in [0.2, 0.25) is 0 Å². The molecule has 0 spiro atoms. The highest BCUT2D eigenvalue weighted by Crippen LogP contribution is 2.30. The molecule has 4 rings (SSSR count). The first-order valence-corrected chi connectivity index (χ1v) is 9.40. The summed E-state index contributed by atoms with van der Waals surface area (Å²) in [5.41, 5.74) is 3.53. The number of hydrogen-bond donors (Lipinski definition) is 1. The van der Waals surface area contributed by atoms with Crippen LogP contribution in [0.4, 0.5) is 0 Å². The van der Waals surface area contributed by atoms with Gasteiger partial charge in [-0.2, -0.15) is 0 Å². The Balaban J connectivity index is 1.48. The standard InChI is InChI=1S/C20H26N4/c1-2-6-15(7-3-1)12-22-18-9-4-10-19-17(18)14-23-20(24-19)16-8-5-11-21-13-16/h5,8,11,13-15,18,22H,1-4,6-7,9-10,12H2/t18-/m0/s1. The van der Waals surface area contributed by atoms with Gasteiger partial charge in [-0.1, -0.05) is 19.3 Å². The molecule has 0 aliphatic heterocycles. The van der Waals surface area contributed by atoms with Crippen molar-refractivity contribution in [1.29, 1.82) is 0 Å². The van der Waals surface area contributed by atoms with E-state index < -0.39 is 0 Å². The minimum Gasteiger partial charge on any atom is -0.310 e. The van der Waals surface area contributed by atoms with E-state index in [4.69, 9.17) is 4.98 Å². The monoisotopic (exact) mass is 322 g/mol. The van der Waals surface area contributed by atoms with E-state index in [1.807, 2.05) is 24.5 Å². The molecule has 0 unspecified atom stereocenters. The van der Waals surface area contributed by atoms with Gasteiger partial charge in [-0.05, 0) is 56.7 Å². The second-order valence-corrected chi connectivity index (χ2v) is 7.19. The molecular weight excluding hydrogens is 296 g/mol. The van der Waals surface area contributed by atoms with Crippen LogP contribution >= 0.6 is 0 Å². The van der Waals surface area contributed by atoms with Crippen LogP contribution in [-0.4, -0.2) is 21.5 Å². The fraction of sp³-hybridized carbons (Fsp3) is 0.550. The number of aryl methyl sites for hydroxylation is 1. The van der Waals surface area contributed by atoms with Crippen molar-refractivity contribution in [3.05, 3.63) is 42.0 Å². The van der Waals surface area contributed by atoms with Gasteiger partial charge < -0.3 is 5.32 Å². The Bertz CT molecular complexity index is 665. The molecule has 0 saturated heterocycles. The van der Waals surface area contributed by atoms with Gasteiger partial charge in [-0.3, -0.25) is 4.98 Å². The summed E-state index contributed by atoms with van der Waals surface area (Å²) in [5, 5.41) is 3.81. The topological polar surface area (TPSA) is 50.7 Å². The average molecular weight is 322 g/mol. The molecule has 2 aliphatic rings. The molecule has 0 aromatic carbocycles. The Morgan fingerprint density at radius 3 is 2.79 bits per heavy atom. The van der Waals surface area contributed by atoms with Gasteiger partial charge in [0.1, 0.15) is 0 Å². The largest absolute Gasteiger partial charge is 0.310 e. The zero-order chi connectivity index (χ0) is 16.2. The van der Waals surface area contributed by atoms with Crippen LogP contribution in [-0.2, 0) is 6.42 Å². The normalized spacial score (nSPS) is 21.4. The Morgan fingerprint density at radius 1 is 1.04 bits per heavy atom. The molecule has 2 aliphatic carbocycles. The van der Waals surface area contributed by atoms with Gasteiger partial charge in [0, 0.05) is 41.5 Å². The second-order valence-electron chi connectivity index (χ2n) is 7.19. The van der Waals surface area contributed by atoms with Crippen LogP contribution in [0.15, 0.2) is 30.7 Å². The molecular formula is C20H26N4. The van der Waals surface area contributed by atoms with Crippen molar-refractivity contribution in [2.75, 3.05) is 6.54 Å². The highest BCUT2D eigenvalue weighted by atomic mass is 15.0. The summed E-state index contributed by atoms with van der Waals surface area (Å²) in [6.07, 6.45) is 16.2. The average Bonchev–Trinajstić information content (AvgIpc) is 2.67. The summed E-state index contributed by atoms with van der Waals surface area (Å²) in [5.74, 6) is 1.66. The summed E-state index contributed by atoms with van der Waals surface area (Å²) < 4.78 is 0.